The van der Waals surface area contributed by atoms with Gasteiger partial charge in [-0.1, -0.05) is 63.6 Å². The Balaban J connectivity index is 4.32. The molecule has 0 aliphatic heterocycles. The van der Waals surface area contributed by atoms with Gasteiger partial charge in [-0.25, -0.2) is 0 Å². The van der Waals surface area contributed by atoms with Crippen LogP contribution in [0.15, 0.2) is 10.2 Å². The molecule has 0 spiro atoms. The molecule has 2 unspecified atom stereocenters. The lowest BCUT2D eigenvalue weighted by atomic mass is 9.98. The van der Waals surface area contributed by atoms with Crippen LogP contribution in [0.2, 0.25) is 0 Å². The van der Waals surface area contributed by atoms with Crippen LogP contribution in [0.1, 0.15) is 111 Å². The van der Waals surface area contributed by atoms with Gasteiger partial charge in [-0.3, -0.25) is 9.59 Å². The Kier molecular flexibility index (Phi) is 19.7. The fraction of sp³-hybridized carbons (Fsp3) is 0.846. The van der Waals surface area contributed by atoms with E-state index in [1.165, 1.54) is 50.3 Å². The van der Waals surface area contributed by atoms with E-state index in [2.05, 4.69) is 35.0 Å². The summed E-state index contributed by atoms with van der Waals surface area (Å²) in [4.78, 5) is 24.1. The number of esters is 1. The first-order chi connectivity index (χ1) is 16.7. The van der Waals surface area contributed by atoms with E-state index in [0.717, 1.165) is 37.2 Å². The van der Waals surface area contributed by atoms with Crippen LogP contribution in [0.4, 0.5) is 0 Å². The molecule has 0 aromatic heterocycles. The van der Waals surface area contributed by atoms with Gasteiger partial charge in [-0.05, 0) is 51.7 Å². The topological polar surface area (TPSA) is 116 Å². The van der Waals surface area contributed by atoms with Crippen molar-refractivity contribution in [1.29, 1.82) is 10.5 Å². The molecule has 2 atom stereocenters. The number of carbonyl (C=O) groups excluding carboxylic acids is 2. The molecule has 0 heterocycles. The number of rotatable bonds is 21. The molecule has 0 aliphatic rings. The predicted molar refractivity (Wildman–Crippen MR) is 145 cm³/mol. The molecule has 0 aliphatic carbocycles. The van der Waals surface area contributed by atoms with Gasteiger partial charge in [0.1, 0.15) is 0 Å². The fourth-order valence-electron chi connectivity index (χ4n) is 3.10. The molecular formula is C26H44N4O3S2. The van der Waals surface area contributed by atoms with Crippen molar-refractivity contribution in [2.45, 2.75) is 122 Å². The number of azo groups is 1. The molecule has 0 radical (unpaired) electrons. The summed E-state index contributed by atoms with van der Waals surface area (Å²) in [6.45, 7) is 5.57. The zero-order valence-corrected chi connectivity index (χ0v) is 23.6. The zero-order chi connectivity index (χ0) is 26.4. The molecule has 0 rings (SSSR count). The molecule has 0 saturated carbocycles. The Hall–Kier alpha value is -1.58. The smallest absolute Gasteiger partial charge is 0.305 e. The lowest BCUT2D eigenvalue weighted by Crippen LogP contribution is -2.25. The first-order valence-corrected chi connectivity index (χ1v) is 14.5. The Bertz CT molecular complexity index is 720. The van der Waals surface area contributed by atoms with Gasteiger partial charge in [0, 0.05) is 18.6 Å². The minimum Gasteiger partial charge on any atom is -0.466 e. The first kappa shape index (κ1) is 33.4. The highest BCUT2D eigenvalue weighted by molar-refractivity contribution is 8.13. The SMILES string of the molecule is CCCCOC(=O)CCC(C)(C#N)N=NC(C)(C#N)CCC(=O)SCCCCCCCCCCS. The van der Waals surface area contributed by atoms with E-state index < -0.39 is 11.1 Å². The second-order valence-electron chi connectivity index (χ2n) is 9.32. The number of carbonyl (C=O) groups is 2. The largest absolute Gasteiger partial charge is 0.466 e. The van der Waals surface area contributed by atoms with Crippen molar-refractivity contribution in [2.24, 2.45) is 10.2 Å². The van der Waals surface area contributed by atoms with E-state index in [9.17, 15) is 20.1 Å². The summed E-state index contributed by atoms with van der Waals surface area (Å²) in [5.41, 5.74) is -2.42. The summed E-state index contributed by atoms with van der Waals surface area (Å²) in [5, 5.41) is 27.4. The third-order valence-corrected chi connectivity index (χ3v) is 7.02. The van der Waals surface area contributed by atoms with Gasteiger partial charge in [0.15, 0.2) is 16.2 Å². The Labute approximate surface area is 222 Å². The van der Waals surface area contributed by atoms with Crippen LogP contribution in [0.5, 0.6) is 0 Å². The molecule has 0 aromatic rings. The van der Waals surface area contributed by atoms with Crippen molar-refractivity contribution in [2.75, 3.05) is 18.1 Å². The maximum absolute atomic E-state index is 12.3. The molecule has 7 nitrogen and oxygen atoms in total. The van der Waals surface area contributed by atoms with Gasteiger partial charge >= 0.3 is 5.97 Å². The molecule has 0 bridgehead atoms. The van der Waals surface area contributed by atoms with Crippen LogP contribution in [-0.2, 0) is 14.3 Å². The predicted octanol–water partition coefficient (Wildman–Crippen LogP) is 7.22. The van der Waals surface area contributed by atoms with Crippen LogP contribution in [0, 0.1) is 22.7 Å². The average Bonchev–Trinajstić information content (AvgIpc) is 2.86. The number of nitrogens with zero attached hydrogens (tertiary/aromatic N) is 4. The van der Waals surface area contributed by atoms with E-state index in [0.29, 0.717) is 6.61 Å². The van der Waals surface area contributed by atoms with E-state index >= 15 is 0 Å². The first-order valence-electron chi connectivity index (χ1n) is 12.9. The van der Waals surface area contributed by atoms with Gasteiger partial charge in [0.25, 0.3) is 0 Å². The number of hydrogen-bond acceptors (Lipinski definition) is 9. The van der Waals surface area contributed by atoms with Crippen molar-refractivity contribution in [3.05, 3.63) is 0 Å². The Morgan fingerprint density at radius 1 is 0.857 bits per heavy atom. The normalized spacial score (nSPS) is 14.6. The fourth-order valence-corrected chi connectivity index (χ4v) is 4.15. The lowest BCUT2D eigenvalue weighted by molar-refractivity contribution is -0.144. The monoisotopic (exact) mass is 524 g/mol. The van der Waals surface area contributed by atoms with Gasteiger partial charge in [0.05, 0.1) is 18.7 Å². The van der Waals surface area contributed by atoms with Gasteiger partial charge in [-0.15, -0.1) is 0 Å². The van der Waals surface area contributed by atoms with Gasteiger partial charge < -0.3 is 4.74 Å². The number of nitriles is 2. The molecule has 0 saturated heterocycles. The van der Waals surface area contributed by atoms with Crippen molar-refractivity contribution < 1.29 is 14.3 Å². The molecule has 0 N–H and O–H groups in total. The minimum absolute atomic E-state index is 0.0475. The highest BCUT2D eigenvalue weighted by Gasteiger charge is 2.29. The van der Waals surface area contributed by atoms with Crippen molar-refractivity contribution in [3.8, 4) is 12.1 Å². The summed E-state index contributed by atoms with van der Waals surface area (Å²) < 4.78 is 5.12. The van der Waals surface area contributed by atoms with Gasteiger partial charge in [0.2, 0.25) is 0 Å². The minimum atomic E-state index is -1.23. The summed E-state index contributed by atoms with van der Waals surface area (Å²) in [6, 6.07) is 4.18. The standard InChI is InChI=1S/C26H44N4O3S2/c1-4-5-18-33-23(31)14-16-25(2,21-27)29-30-26(3,22-28)17-15-24(32)35-20-13-11-9-7-6-8-10-12-19-34/h34H,4-20H2,1-3H3. The van der Waals surface area contributed by atoms with Crippen LogP contribution >= 0.6 is 24.4 Å². The van der Waals surface area contributed by atoms with Crippen LogP contribution in [0.25, 0.3) is 0 Å². The van der Waals surface area contributed by atoms with Crippen LogP contribution in [0.3, 0.4) is 0 Å². The number of ether oxygens (including phenoxy) is 1. The zero-order valence-electron chi connectivity index (χ0n) is 21.9. The molecular weight excluding hydrogens is 480 g/mol. The summed E-state index contributed by atoms with van der Waals surface area (Å²) in [7, 11) is 0. The van der Waals surface area contributed by atoms with Crippen molar-refractivity contribution in [1.82, 2.24) is 0 Å². The number of thiol groups is 1. The van der Waals surface area contributed by atoms with E-state index in [4.69, 9.17) is 4.74 Å². The third-order valence-electron chi connectivity index (χ3n) is 5.68. The maximum atomic E-state index is 12.3. The molecule has 0 fully saturated rings. The Morgan fingerprint density at radius 3 is 1.89 bits per heavy atom. The molecule has 198 valence electrons. The highest BCUT2D eigenvalue weighted by Crippen LogP contribution is 2.25. The average molecular weight is 525 g/mol. The maximum Gasteiger partial charge on any atom is 0.305 e. The second-order valence-corrected chi connectivity index (χ2v) is 10.9. The van der Waals surface area contributed by atoms with Crippen molar-refractivity contribution in [3.63, 3.8) is 0 Å². The third kappa shape index (κ3) is 18.4. The molecule has 0 aromatic carbocycles. The number of hydrogen-bond donors (Lipinski definition) is 1. The van der Waals surface area contributed by atoms with Crippen molar-refractivity contribution >= 4 is 35.5 Å². The molecule has 35 heavy (non-hydrogen) atoms. The van der Waals surface area contributed by atoms with Crippen LogP contribution < -0.4 is 0 Å². The van der Waals surface area contributed by atoms with E-state index in [1.54, 1.807) is 13.8 Å². The number of thioether (sulfide) groups is 1. The summed E-state index contributed by atoms with van der Waals surface area (Å²) >= 11 is 5.54. The van der Waals surface area contributed by atoms with E-state index in [-0.39, 0.29) is 36.8 Å². The Morgan fingerprint density at radius 2 is 1.37 bits per heavy atom. The molecule has 9 heteroatoms. The second kappa shape index (κ2) is 20.6. The molecule has 0 amide bonds. The number of unbranched alkanes of at least 4 members (excludes halogenated alkanes) is 8. The van der Waals surface area contributed by atoms with E-state index in [1.807, 2.05) is 6.92 Å². The lowest BCUT2D eigenvalue weighted by Gasteiger charge is -2.19. The summed E-state index contributed by atoms with van der Waals surface area (Å²) in [5.74, 6) is 1.40. The highest BCUT2D eigenvalue weighted by atomic mass is 32.2. The quantitative estimate of drug-likeness (QED) is 0.0733. The van der Waals surface area contributed by atoms with Crippen LogP contribution in [-0.4, -0.2) is 40.3 Å². The summed E-state index contributed by atoms with van der Waals surface area (Å²) in [6.07, 6.45) is 12.0. The van der Waals surface area contributed by atoms with Gasteiger partial charge in [-0.2, -0.15) is 33.4 Å².